The Labute approximate surface area is 113 Å². The molecule has 0 saturated carbocycles. The highest BCUT2D eigenvalue weighted by Crippen LogP contribution is 2.21. The molecule has 0 aliphatic heterocycles. The summed E-state index contributed by atoms with van der Waals surface area (Å²) in [5.41, 5.74) is 0.761. The van der Waals surface area contributed by atoms with Crippen molar-refractivity contribution in [2.45, 2.75) is 6.61 Å². The highest BCUT2D eigenvalue weighted by atomic mass is 32.1. The van der Waals surface area contributed by atoms with Crippen LogP contribution < -0.4 is 4.74 Å². The van der Waals surface area contributed by atoms with E-state index in [1.54, 1.807) is 6.07 Å². The monoisotopic (exact) mass is 280 g/mol. The number of rotatable bonds is 3. The first-order valence-electron chi connectivity index (χ1n) is 5.44. The molecule has 5 heteroatoms. The van der Waals surface area contributed by atoms with Crippen LogP contribution in [0.25, 0.3) is 0 Å². The average molecular weight is 280 g/mol. The van der Waals surface area contributed by atoms with Crippen molar-refractivity contribution in [2.75, 3.05) is 6.61 Å². The third kappa shape index (κ3) is 3.78. The Morgan fingerprint density at radius 2 is 2.11 bits per heavy atom. The van der Waals surface area contributed by atoms with Crippen molar-refractivity contribution in [3.8, 4) is 17.6 Å². The molecule has 0 amide bonds. The van der Waals surface area contributed by atoms with Gasteiger partial charge in [-0.25, -0.2) is 8.78 Å². The van der Waals surface area contributed by atoms with Crippen LogP contribution in [0, 0.1) is 23.5 Å². The van der Waals surface area contributed by atoms with E-state index in [0.29, 0.717) is 0 Å². The molecule has 19 heavy (non-hydrogen) atoms. The third-order valence-electron chi connectivity index (χ3n) is 2.23. The highest BCUT2D eigenvalue weighted by molar-refractivity contribution is 7.10. The van der Waals surface area contributed by atoms with Crippen LogP contribution >= 0.6 is 11.3 Å². The molecular weight excluding hydrogens is 270 g/mol. The van der Waals surface area contributed by atoms with E-state index in [1.807, 2.05) is 5.38 Å². The van der Waals surface area contributed by atoms with Gasteiger partial charge in [0.25, 0.3) is 0 Å². The number of halogens is 2. The van der Waals surface area contributed by atoms with Crippen LogP contribution in [-0.4, -0.2) is 11.7 Å². The van der Waals surface area contributed by atoms with Crippen LogP contribution in [0.3, 0.4) is 0 Å². The molecule has 0 fully saturated rings. The molecule has 1 aromatic heterocycles. The first-order valence-corrected chi connectivity index (χ1v) is 6.32. The molecule has 0 spiro atoms. The molecule has 2 nitrogen and oxygen atoms in total. The molecule has 98 valence electrons. The second-order valence-corrected chi connectivity index (χ2v) is 4.62. The SMILES string of the molecule is OCC#Cc1csc(COc2cc(F)ccc2F)c1. The van der Waals surface area contributed by atoms with E-state index in [4.69, 9.17) is 9.84 Å². The molecule has 0 unspecified atom stereocenters. The fourth-order valence-electron chi connectivity index (χ4n) is 1.40. The summed E-state index contributed by atoms with van der Waals surface area (Å²) in [6.45, 7) is -0.0535. The molecule has 1 aromatic carbocycles. The van der Waals surface area contributed by atoms with Crippen molar-refractivity contribution in [1.82, 2.24) is 0 Å². The highest BCUT2D eigenvalue weighted by Gasteiger charge is 2.06. The summed E-state index contributed by atoms with van der Waals surface area (Å²) in [5, 5.41) is 10.4. The zero-order chi connectivity index (χ0) is 13.7. The normalized spacial score (nSPS) is 9.84. The van der Waals surface area contributed by atoms with E-state index in [-0.39, 0.29) is 19.0 Å². The molecular formula is C14H10F2O2S. The fourth-order valence-corrected chi connectivity index (χ4v) is 2.13. The first kappa shape index (κ1) is 13.5. The second-order valence-electron chi connectivity index (χ2n) is 3.63. The van der Waals surface area contributed by atoms with Crippen molar-refractivity contribution in [1.29, 1.82) is 0 Å². The Balaban J connectivity index is 2.02. The van der Waals surface area contributed by atoms with Gasteiger partial charge in [0.1, 0.15) is 19.0 Å². The molecule has 0 saturated heterocycles. The van der Waals surface area contributed by atoms with Crippen molar-refractivity contribution in [2.24, 2.45) is 0 Å². The summed E-state index contributed by atoms with van der Waals surface area (Å²) in [7, 11) is 0. The molecule has 1 heterocycles. The molecule has 2 rings (SSSR count). The minimum Gasteiger partial charge on any atom is -0.485 e. The van der Waals surface area contributed by atoms with Crippen LogP contribution in [0.4, 0.5) is 8.78 Å². The molecule has 0 radical (unpaired) electrons. The van der Waals surface area contributed by atoms with Gasteiger partial charge in [-0.15, -0.1) is 11.3 Å². The number of thiophene rings is 1. The minimum absolute atomic E-state index is 0.114. The molecule has 1 N–H and O–H groups in total. The topological polar surface area (TPSA) is 29.5 Å². The minimum atomic E-state index is -0.599. The van der Waals surface area contributed by atoms with Crippen molar-refractivity contribution < 1.29 is 18.6 Å². The van der Waals surface area contributed by atoms with Gasteiger partial charge in [0, 0.05) is 21.9 Å². The Kier molecular flexibility index (Phi) is 4.50. The Morgan fingerprint density at radius 3 is 2.89 bits per heavy atom. The number of hydrogen-bond acceptors (Lipinski definition) is 3. The lowest BCUT2D eigenvalue weighted by Crippen LogP contribution is -1.96. The van der Waals surface area contributed by atoms with Crippen LogP contribution in [0.5, 0.6) is 5.75 Å². The van der Waals surface area contributed by atoms with E-state index in [1.165, 1.54) is 11.3 Å². The maximum atomic E-state index is 13.3. The molecule has 0 aliphatic rings. The van der Waals surface area contributed by atoms with E-state index < -0.39 is 11.6 Å². The predicted octanol–water partition coefficient (Wildman–Crippen LogP) is 2.95. The lowest BCUT2D eigenvalue weighted by molar-refractivity contribution is 0.291. The number of aliphatic hydroxyl groups is 1. The van der Waals surface area contributed by atoms with Gasteiger partial charge in [-0.3, -0.25) is 0 Å². The third-order valence-corrected chi connectivity index (χ3v) is 3.14. The molecule has 0 bridgehead atoms. The number of hydrogen-bond donors (Lipinski definition) is 1. The number of benzene rings is 1. The first-order chi connectivity index (χ1) is 9.19. The van der Waals surface area contributed by atoms with Crippen LogP contribution in [0.1, 0.15) is 10.4 Å². The van der Waals surface area contributed by atoms with Gasteiger partial charge in [-0.05, 0) is 18.2 Å². The van der Waals surface area contributed by atoms with Gasteiger partial charge >= 0.3 is 0 Å². The zero-order valence-electron chi connectivity index (χ0n) is 9.82. The lowest BCUT2D eigenvalue weighted by atomic mass is 10.3. The van der Waals surface area contributed by atoms with Gasteiger partial charge in [0.15, 0.2) is 11.6 Å². The summed E-state index contributed by atoms with van der Waals surface area (Å²) in [6, 6.07) is 4.85. The average Bonchev–Trinajstić information content (AvgIpc) is 2.85. The van der Waals surface area contributed by atoms with Crippen molar-refractivity contribution in [3.05, 3.63) is 51.7 Å². The van der Waals surface area contributed by atoms with Gasteiger partial charge in [-0.2, -0.15) is 0 Å². The molecule has 0 atom stereocenters. The van der Waals surface area contributed by atoms with Gasteiger partial charge in [0.2, 0.25) is 0 Å². The Bertz CT molecular complexity index is 626. The predicted molar refractivity (Wildman–Crippen MR) is 69.0 cm³/mol. The summed E-state index contributed by atoms with van der Waals surface area (Å²) in [6.07, 6.45) is 0. The quantitative estimate of drug-likeness (QED) is 0.876. The summed E-state index contributed by atoms with van der Waals surface area (Å²) in [5.74, 6) is 4.03. The maximum absolute atomic E-state index is 13.3. The molecule has 2 aromatic rings. The summed E-state index contributed by atoms with van der Waals surface area (Å²) < 4.78 is 31.5. The van der Waals surface area contributed by atoms with E-state index in [9.17, 15) is 8.78 Å². The maximum Gasteiger partial charge on any atom is 0.165 e. The van der Waals surface area contributed by atoms with Crippen LogP contribution in [0.15, 0.2) is 29.6 Å². The largest absolute Gasteiger partial charge is 0.485 e. The summed E-state index contributed by atoms with van der Waals surface area (Å²) >= 11 is 1.40. The van der Waals surface area contributed by atoms with Gasteiger partial charge in [-0.1, -0.05) is 11.8 Å². The zero-order valence-corrected chi connectivity index (χ0v) is 10.6. The van der Waals surface area contributed by atoms with Crippen molar-refractivity contribution in [3.63, 3.8) is 0 Å². The second kappa shape index (κ2) is 6.32. The van der Waals surface area contributed by atoms with Crippen LogP contribution in [0.2, 0.25) is 0 Å². The lowest BCUT2D eigenvalue weighted by Gasteiger charge is -2.05. The smallest absolute Gasteiger partial charge is 0.165 e. The van der Waals surface area contributed by atoms with E-state index in [2.05, 4.69) is 11.8 Å². The van der Waals surface area contributed by atoms with Gasteiger partial charge < -0.3 is 9.84 Å². The van der Waals surface area contributed by atoms with Crippen LogP contribution in [-0.2, 0) is 6.61 Å². The Morgan fingerprint density at radius 1 is 1.26 bits per heavy atom. The molecule has 0 aliphatic carbocycles. The standard InChI is InChI=1S/C14H10F2O2S/c15-11-3-4-13(16)14(7-11)18-8-12-6-10(9-19-12)2-1-5-17/h3-4,6-7,9,17H,5,8H2. The number of aliphatic hydroxyl groups excluding tert-OH is 1. The Hall–Kier alpha value is -1.90. The summed E-state index contributed by atoms with van der Waals surface area (Å²) in [4.78, 5) is 0.839. The number of ether oxygens (including phenoxy) is 1. The van der Waals surface area contributed by atoms with Crippen molar-refractivity contribution >= 4 is 11.3 Å². The van der Waals surface area contributed by atoms with E-state index in [0.717, 1.165) is 28.6 Å². The fraction of sp³-hybridized carbons (Fsp3) is 0.143. The van der Waals surface area contributed by atoms with Gasteiger partial charge in [0.05, 0.1) is 0 Å². The van der Waals surface area contributed by atoms with E-state index >= 15 is 0 Å².